The summed E-state index contributed by atoms with van der Waals surface area (Å²) in [5.41, 5.74) is 5.39. The largest absolute Gasteiger partial charge is 0.364 e. The highest BCUT2D eigenvalue weighted by molar-refractivity contribution is 14.0. The van der Waals surface area contributed by atoms with Crippen molar-refractivity contribution < 1.29 is 0 Å². The fraction of sp³-hybridized carbons (Fsp3) is 0.423. The Kier molecular flexibility index (Phi) is 9.41. The molecule has 0 unspecified atom stereocenters. The van der Waals surface area contributed by atoms with E-state index in [1.165, 1.54) is 22.4 Å². The number of halogens is 1. The molecular formula is C26H36IN5. The van der Waals surface area contributed by atoms with Crippen molar-refractivity contribution in [3.63, 3.8) is 0 Å². The standard InChI is InChI=1S/C26H35N5.HI/c1-21-7-3-4-8-23(21)20-30-17-13-24(14-18-30)29-26(27-2)28-19-22-9-11-25(12-10-22)31-15-5-6-16-31;/h3-12,24H,13-20H2,1-2H3,(H2,27,28,29);1H. The predicted molar refractivity (Wildman–Crippen MR) is 146 cm³/mol. The van der Waals surface area contributed by atoms with Crippen LogP contribution in [0.4, 0.5) is 5.69 Å². The van der Waals surface area contributed by atoms with Gasteiger partial charge >= 0.3 is 0 Å². The molecule has 2 heterocycles. The number of likely N-dealkylation sites (tertiary alicyclic amines) is 1. The Morgan fingerprint density at radius 2 is 1.69 bits per heavy atom. The first-order valence-electron chi connectivity index (χ1n) is 11.4. The van der Waals surface area contributed by atoms with Crippen molar-refractivity contribution in [2.45, 2.75) is 38.9 Å². The molecule has 2 aliphatic heterocycles. The zero-order valence-electron chi connectivity index (χ0n) is 19.3. The van der Waals surface area contributed by atoms with E-state index in [0.717, 1.165) is 58.1 Å². The normalized spacial score (nSPS) is 17.3. The van der Waals surface area contributed by atoms with Crippen molar-refractivity contribution in [3.8, 4) is 0 Å². The Bertz CT molecular complexity index is 893. The number of aryl methyl sites for hydroxylation is 1. The third kappa shape index (κ3) is 6.72. The first-order chi connectivity index (χ1) is 15.2. The molecule has 2 aromatic carbocycles. The second-order valence-corrected chi connectivity index (χ2v) is 8.59. The van der Waals surface area contributed by atoms with Crippen LogP contribution in [0.25, 0.3) is 0 Å². The van der Waals surface area contributed by atoms with Crippen LogP contribution in [0, 0.1) is 6.92 Å². The van der Waals surface area contributed by atoms with Gasteiger partial charge in [0.15, 0.2) is 5.96 Å². The van der Waals surface area contributed by atoms with Gasteiger partial charge in [-0.15, -0.1) is 24.0 Å². The number of rotatable bonds is 6. The van der Waals surface area contributed by atoms with Crippen LogP contribution in [0.5, 0.6) is 0 Å². The first-order valence-corrected chi connectivity index (χ1v) is 11.4. The molecule has 6 heteroatoms. The Morgan fingerprint density at radius 1 is 1.00 bits per heavy atom. The lowest BCUT2D eigenvalue weighted by Gasteiger charge is -2.33. The maximum Gasteiger partial charge on any atom is 0.191 e. The Hall–Kier alpha value is -2.06. The van der Waals surface area contributed by atoms with Gasteiger partial charge in [-0.1, -0.05) is 48.6 Å². The summed E-state index contributed by atoms with van der Waals surface area (Å²) in [7, 11) is 1.85. The molecule has 0 spiro atoms. The number of hydrogen-bond acceptors (Lipinski definition) is 3. The summed E-state index contributed by atoms with van der Waals surface area (Å²) in [6, 6.07) is 18.0. The molecule has 172 valence electrons. The Labute approximate surface area is 210 Å². The van der Waals surface area contributed by atoms with Crippen LogP contribution in [0.3, 0.4) is 0 Å². The minimum atomic E-state index is 0. The average Bonchev–Trinajstić information content (AvgIpc) is 3.35. The highest BCUT2D eigenvalue weighted by Gasteiger charge is 2.20. The van der Waals surface area contributed by atoms with Crippen molar-refractivity contribution in [1.29, 1.82) is 0 Å². The molecule has 0 amide bonds. The van der Waals surface area contributed by atoms with Crippen LogP contribution in [0.15, 0.2) is 65.7 Å². The molecule has 0 radical (unpaired) electrons. The maximum atomic E-state index is 4.44. The molecule has 0 bridgehead atoms. The lowest BCUT2D eigenvalue weighted by Crippen LogP contribution is -2.48. The predicted octanol–water partition coefficient (Wildman–Crippen LogP) is 4.32. The van der Waals surface area contributed by atoms with E-state index >= 15 is 0 Å². The molecule has 2 N–H and O–H groups in total. The van der Waals surface area contributed by atoms with Gasteiger partial charge in [-0.2, -0.15) is 0 Å². The van der Waals surface area contributed by atoms with Gasteiger partial charge in [0.2, 0.25) is 0 Å². The zero-order chi connectivity index (χ0) is 21.5. The topological polar surface area (TPSA) is 42.9 Å². The summed E-state index contributed by atoms with van der Waals surface area (Å²) in [4.78, 5) is 9.37. The van der Waals surface area contributed by atoms with E-state index in [4.69, 9.17) is 0 Å². The van der Waals surface area contributed by atoms with E-state index in [2.05, 4.69) is 93.0 Å². The van der Waals surface area contributed by atoms with E-state index in [0.29, 0.717) is 6.04 Å². The van der Waals surface area contributed by atoms with Crippen molar-refractivity contribution in [3.05, 3.63) is 77.4 Å². The van der Waals surface area contributed by atoms with E-state index in [1.54, 1.807) is 0 Å². The lowest BCUT2D eigenvalue weighted by atomic mass is 10.0. The minimum Gasteiger partial charge on any atom is -0.364 e. The number of nitrogens with one attached hydrogen (secondary N) is 2. The highest BCUT2D eigenvalue weighted by atomic mass is 127. The number of aliphatic imine (C=N–C) groups is 1. The summed E-state index contributed by atoms with van der Waals surface area (Å²) in [6.45, 7) is 8.30. The van der Waals surface area contributed by atoms with Crippen LogP contribution in [-0.4, -0.2) is 50.1 Å². The number of piperidine rings is 1. The average molecular weight is 546 g/mol. The monoisotopic (exact) mass is 545 g/mol. The van der Waals surface area contributed by atoms with Crippen LogP contribution in [-0.2, 0) is 13.1 Å². The summed E-state index contributed by atoms with van der Waals surface area (Å²) in [5, 5.41) is 7.10. The van der Waals surface area contributed by atoms with Gasteiger partial charge < -0.3 is 15.5 Å². The number of benzene rings is 2. The highest BCUT2D eigenvalue weighted by Crippen LogP contribution is 2.18. The number of anilines is 1. The van der Waals surface area contributed by atoms with Crippen LogP contribution in [0.1, 0.15) is 29.5 Å². The van der Waals surface area contributed by atoms with E-state index in [9.17, 15) is 0 Å². The minimum absolute atomic E-state index is 0. The third-order valence-electron chi connectivity index (χ3n) is 6.39. The summed E-state index contributed by atoms with van der Waals surface area (Å²) >= 11 is 0. The van der Waals surface area contributed by atoms with Crippen LogP contribution in [0.2, 0.25) is 0 Å². The van der Waals surface area contributed by atoms with Gasteiger partial charge in [-0.3, -0.25) is 9.89 Å². The van der Waals surface area contributed by atoms with Gasteiger partial charge in [0.1, 0.15) is 0 Å². The van der Waals surface area contributed by atoms with E-state index < -0.39 is 0 Å². The molecule has 0 aromatic heterocycles. The van der Waals surface area contributed by atoms with Gasteiger partial charge in [-0.25, -0.2) is 0 Å². The maximum absolute atomic E-state index is 4.44. The molecule has 5 nitrogen and oxygen atoms in total. The zero-order valence-corrected chi connectivity index (χ0v) is 21.6. The smallest absolute Gasteiger partial charge is 0.191 e. The number of hydrogen-bond donors (Lipinski definition) is 2. The Morgan fingerprint density at radius 3 is 2.34 bits per heavy atom. The first kappa shape index (κ1) is 24.6. The number of guanidine groups is 1. The fourth-order valence-electron chi connectivity index (χ4n) is 4.35. The van der Waals surface area contributed by atoms with Gasteiger partial charge in [0.25, 0.3) is 0 Å². The molecule has 2 aliphatic rings. The molecular weight excluding hydrogens is 509 g/mol. The second kappa shape index (κ2) is 12.3. The van der Waals surface area contributed by atoms with Gasteiger partial charge in [-0.05, 0) is 48.6 Å². The van der Waals surface area contributed by atoms with Crippen LogP contribution < -0.4 is 15.5 Å². The number of nitrogens with zero attached hydrogens (tertiary/aromatic N) is 3. The third-order valence-corrected chi connectivity index (χ3v) is 6.39. The molecule has 4 rings (SSSR count). The fourth-order valence-corrected chi connectivity index (χ4v) is 4.35. The molecule has 0 atom stereocenters. The Balaban J connectivity index is 0.00000289. The lowest BCUT2D eigenvalue weighted by molar-refractivity contribution is 0.198. The molecule has 2 aromatic rings. The quantitative estimate of drug-likeness (QED) is 0.246. The van der Waals surface area contributed by atoms with E-state index in [-0.39, 0.29) is 24.0 Å². The van der Waals surface area contributed by atoms with Gasteiger partial charge in [0, 0.05) is 58.0 Å². The second-order valence-electron chi connectivity index (χ2n) is 8.59. The summed E-state index contributed by atoms with van der Waals surface area (Å²) < 4.78 is 0. The SMILES string of the molecule is CN=C(NCc1ccc(N2CC=CC2)cc1)NC1CCN(Cc2ccccc2C)CC1.I. The van der Waals surface area contributed by atoms with Crippen molar-refractivity contribution in [2.24, 2.45) is 4.99 Å². The van der Waals surface area contributed by atoms with E-state index in [1.807, 2.05) is 7.05 Å². The summed E-state index contributed by atoms with van der Waals surface area (Å²) in [5.74, 6) is 0.894. The summed E-state index contributed by atoms with van der Waals surface area (Å²) in [6.07, 6.45) is 6.73. The molecule has 1 saturated heterocycles. The van der Waals surface area contributed by atoms with Gasteiger partial charge in [0.05, 0.1) is 0 Å². The van der Waals surface area contributed by atoms with Crippen molar-refractivity contribution in [1.82, 2.24) is 15.5 Å². The van der Waals surface area contributed by atoms with Crippen LogP contribution >= 0.6 is 24.0 Å². The molecule has 32 heavy (non-hydrogen) atoms. The van der Waals surface area contributed by atoms with Crippen molar-refractivity contribution in [2.75, 3.05) is 38.1 Å². The molecule has 0 saturated carbocycles. The molecule has 0 aliphatic carbocycles. The molecule has 1 fully saturated rings. The van der Waals surface area contributed by atoms with Crippen molar-refractivity contribution >= 4 is 35.6 Å².